The van der Waals surface area contributed by atoms with Gasteiger partial charge in [-0.15, -0.1) is 0 Å². The van der Waals surface area contributed by atoms with E-state index < -0.39 is 0 Å². The summed E-state index contributed by atoms with van der Waals surface area (Å²) in [4.78, 5) is 0. The molecule has 1 N–H and O–H groups in total. The lowest BCUT2D eigenvalue weighted by atomic mass is 10.2. The topological polar surface area (TPSA) is 25.2 Å². The Morgan fingerprint density at radius 3 is 2.67 bits per heavy atom. The van der Waals surface area contributed by atoms with Crippen molar-refractivity contribution in [1.82, 2.24) is 5.32 Å². The average molecular weight is 284 g/mol. The van der Waals surface area contributed by atoms with E-state index >= 15 is 0 Å². The maximum Gasteiger partial charge on any atom is 0.135 e. The van der Waals surface area contributed by atoms with E-state index in [1.165, 1.54) is 0 Å². The van der Waals surface area contributed by atoms with Gasteiger partial charge in [-0.2, -0.15) is 0 Å². The van der Waals surface area contributed by atoms with Crippen LogP contribution >= 0.6 is 23.2 Å². The number of halogens is 2. The first-order valence-electron chi connectivity index (χ1n) is 5.84. The highest BCUT2D eigenvalue weighted by Gasteiger charge is 2.10. The fraction of sp³-hybridized carbons (Fsp3) is 0.286. The van der Waals surface area contributed by atoms with Crippen LogP contribution in [0.2, 0.25) is 10.0 Å². The SMILES string of the molecule is CC(C)NCc1ccc(-c2cccc(Cl)c2Cl)o1. The lowest BCUT2D eigenvalue weighted by molar-refractivity contribution is 0.473. The summed E-state index contributed by atoms with van der Waals surface area (Å²) in [5.41, 5.74) is 0.819. The van der Waals surface area contributed by atoms with Gasteiger partial charge in [-0.1, -0.05) is 43.1 Å². The third-order valence-corrected chi connectivity index (χ3v) is 3.38. The maximum absolute atomic E-state index is 6.16. The highest BCUT2D eigenvalue weighted by Crippen LogP contribution is 2.34. The molecular formula is C14H15Cl2NO. The first kappa shape index (κ1) is 13.5. The summed E-state index contributed by atoms with van der Waals surface area (Å²) in [5.74, 6) is 1.62. The lowest BCUT2D eigenvalue weighted by Gasteiger charge is -2.05. The van der Waals surface area contributed by atoms with Gasteiger partial charge in [-0.3, -0.25) is 0 Å². The largest absolute Gasteiger partial charge is 0.460 e. The van der Waals surface area contributed by atoms with Crippen LogP contribution in [-0.4, -0.2) is 6.04 Å². The van der Waals surface area contributed by atoms with E-state index in [2.05, 4.69) is 19.2 Å². The number of benzene rings is 1. The van der Waals surface area contributed by atoms with Crippen molar-refractivity contribution in [2.24, 2.45) is 0 Å². The first-order valence-corrected chi connectivity index (χ1v) is 6.60. The summed E-state index contributed by atoms with van der Waals surface area (Å²) in [6, 6.07) is 9.80. The van der Waals surface area contributed by atoms with Crippen LogP contribution in [0.4, 0.5) is 0 Å². The zero-order valence-electron chi connectivity index (χ0n) is 10.3. The van der Waals surface area contributed by atoms with Gasteiger partial charge in [0.05, 0.1) is 16.6 Å². The Balaban J connectivity index is 2.21. The Morgan fingerprint density at radius 2 is 1.94 bits per heavy atom. The van der Waals surface area contributed by atoms with Crippen molar-refractivity contribution < 1.29 is 4.42 Å². The van der Waals surface area contributed by atoms with Gasteiger partial charge in [-0.05, 0) is 24.3 Å². The van der Waals surface area contributed by atoms with Crippen LogP contribution in [0.15, 0.2) is 34.7 Å². The summed E-state index contributed by atoms with van der Waals surface area (Å²) >= 11 is 12.1. The molecule has 0 aliphatic carbocycles. The minimum Gasteiger partial charge on any atom is -0.460 e. The summed E-state index contributed by atoms with van der Waals surface area (Å²) in [6.07, 6.45) is 0. The van der Waals surface area contributed by atoms with Crippen molar-refractivity contribution in [2.75, 3.05) is 0 Å². The second-order valence-corrected chi connectivity index (χ2v) is 5.19. The Labute approximate surface area is 117 Å². The fourth-order valence-corrected chi connectivity index (χ4v) is 2.01. The van der Waals surface area contributed by atoms with Crippen LogP contribution in [0.25, 0.3) is 11.3 Å². The normalized spacial score (nSPS) is 11.2. The first-order chi connectivity index (χ1) is 8.58. The second kappa shape index (κ2) is 5.79. The van der Waals surface area contributed by atoms with Gasteiger partial charge in [0, 0.05) is 11.6 Å². The molecule has 0 amide bonds. The van der Waals surface area contributed by atoms with Crippen LogP contribution in [0, 0.1) is 0 Å². The van der Waals surface area contributed by atoms with Crippen molar-refractivity contribution in [3.05, 3.63) is 46.1 Å². The molecule has 2 rings (SSSR count). The van der Waals surface area contributed by atoms with Crippen molar-refractivity contribution in [1.29, 1.82) is 0 Å². The molecule has 1 aromatic carbocycles. The third-order valence-electron chi connectivity index (χ3n) is 2.56. The van der Waals surface area contributed by atoms with E-state index in [1.54, 1.807) is 6.07 Å². The highest BCUT2D eigenvalue weighted by atomic mass is 35.5. The summed E-state index contributed by atoms with van der Waals surface area (Å²) in [6.45, 7) is 4.89. The molecule has 0 saturated heterocycles. The van der Waals surface area contributed by atoms with Gasteiger partial charge >= 0.3 is 0 Å². The van der Waals surface area contributed by atoms with Gasteiger partial charge in [0.2, 0.25) is 0 Å². The minimum absolute atomic E-state index is 0.424. The molecule has 0 saturated carbocycles. The lowest BCUT2D eigenvalue weighted by Crippen LogP contribution is -2.21. The molecular weight excluding hydrogens is 269 g/mol. The quantitative estimate of drug-likeness (QED) is 0.876. The molecule has 0 spiro atoms. The fourth-order valence-electron chi connectivity index (χ4n) is 1.62. The van der Waals surface area contributed by atoms with Crippen LogP contribution in [0.3, 0.4) is 0 Å². The molecule has 0 aliphatic heterocycles. The van der Waals surface area contributed by atoms with Gasteiger partial charge < -0.3 is 9.73 Å². The molecule has 0 fully saturated rings. The van der Waals surface area contributed by atoms with E-state index in [0.717, 1.165) is 17.1 Å². The van der Waals surface area contributed by atoms with Gasteiger partial charge in [-0.25, -0.2) is 0 Å². The zero-order chi connectivity index (χ0) is 13.1. The molecule has 2 nitrogen and oxygen atoms in total. The number of rotatable bonds is 4. The van der Waals surface area contributed by atoms with E-state index in [-0.39, 0.29) is 0 Å². The Morgan fingerprint density at radius 1 is 1.17 bits per heavy atom. The number of hydrogen-bond donors (Lipinski definition) is 1. The molecule has 18 heavy (non-hydrogen) atoms. The van der Waals surface area contributed by atoms with E-state index in [0.29, 0.717) is 22.6 Å². The molecule has 0 bridgehead atoms. The van der Waals surface area contributed by atoms with Crippen LogP contribution in [0.1, 0.15) is 19.6 Å². The summed E-state index contributed by atoms with van der Waals surface area (Å²) in [5, 5.41) is 4.36. The van der Waals surface area contributed by atoms with Crippen LogP contribution < -0.4 is 5.32 Å². The number of hydrogen-bond acceptors (Lipinski definition) is 2. The van der Waals surface area contributed by atoms with Crippen molar-refractivity contribution >= 4 is 23.2 Å². The molecule has 1 heterocycles. The van der Waals surface area contributed by atoms with E-state index in [1.807, 2.05) is 24.3 Å². The van der Waals surface area contributed by atoms with E-state index in [4.69, 9.17) is 27.6 Å². The molecule has 96 valence electrons. The maximum atomic E-state index is 6.16. The highest BCUT2D eigenvalue weighted by molar-refractivity contribution is 6.43. The standard InChI is InChI=1S/C14H15Cl2NO/c1-9(2)17-8-10-6-7-13(18-10)11-4-3-5-12(15)14(11)16/h3-7,9,17H,8H2,1-2H3. The minimum atomic E-state index is 0.424. The number of nitrogens with one attached hydrogen (secondary N) is 1. The van der Waals surface area contributed by atoms with Crippen LogP contribution in [0.5, 0.6) is 0 Å². The molecule has 0 unspecified atom stereocenters. The second-order valence-electron chi connectivity index (χ2n) is 4.40. The molecule has 1 aromatic heterocycles. The molecule has 4 heteroatoms. The smallest absolute Gasteiger partial charge is 0.135 e. The summed E-state index contributed by atoms with van der Waals surface area (Å²) in [7, 11) is 0. The molecule has 2 aromatic rings. The average Bonchev–Trinajstić information content (AvgIpc) is 2.78. The van der Waals surface area contributed by atoms with Gasteiger partial charge in [0.1, 0.15) is 11.5 Å². The molecule has 0 atom stereocenters. The predicted octanol–water partition coefficient (Wildman–Crippen LogP) is 4.75. The van der Waals surface area contributed by atoms with Gasteiger partial charge in [0.15, 0.2) is 0 Å². The van der Waals surface area contributed by atoms with Gasteiger partial charge in [0.25, 0.3) is 0 Å². The van der Waals surface area contributed by atoms with E-state index in [9.17, 15) is 0 Å². The monoisotopic (exact) mass is 283 g/mol. The molecule has 0 aliphatic rings. The summed E-state index contributed by atoms with van der Waals surface area (Å²) < 4.78 is 5.75. The zero-order valence-corrected chi connectivity index (χ0v) is 11.8. The Hall–Kier alpha value is -0.960. The van der Waals surface area contributed by atoms with Crippen molar-refractivity contribution in [3.8, 4) is 11.3 Å². The number of furan rings is 1. The predicted molar refractivity (Wildman–Crippen MR) is 76.1 cm³/mol. The molecule has 0 radical (unpaired) electrons. The Bertz CT molecular complexity index is 534. The Kier molecular flexibility index (Phi) is 4.33. The van der Waals surface area contributed by atoms with Crippen LogP contribution in [-0.2, 0) is 6.54 Å². The van der Waals surface area contributed by atoms with Crippen molar-refractivity contribution in [3.63, 3.8) is 0 Å². The third kappa shape index (κ3) is 3.08. The van der Waals surface area contributed by atoms with Crippen molar-refractivity contribution in [2.45, 2.75) is 26.4 Å².